The van der Waals surface area contributed by atoms with E-state index in [2.05, 4.69) is 86.6 Å². The zero-order valence-electron chi connectivity index (χ0n) is 22.3. The molecule has 2 aromatic rings. The molecule has 0 heterocycles. The molecule has 0 radical (unpaired) electrons. The zero-order valence-corrected chi connectivity index (χ0v) is 24.9. The monoisotopic (exact) mass is 551 g/mol. The van der Waals surface area contributed by atoms with Crippen molar-refractivity contribution >= 4 is 20.3 Å². The van der Waals surface area contributed by atoms with Gasteiger partial charge in [-0.15, -0.1) is 13.1 Å². The maximum absolute atomic E-state index is 6.77. The first-order valence-electron chi connectivity index (χ1n) is 12.1. The first-order chi connectivity index (χ1) is 15.8. The molecule has 0 aliphatic carbocycles. The van der Waals surface area contributed by atoms with Gasteiger partial charge in [-0.2, -0.15) is 0 Å². The molecule has 194 valence electrons. The van der Waals surface area contributed by atoms with Crippen LogP contribution in [0.4, 0.5) is 0 Å². The number of rotatable bonds is 9. The topological polar surface area (TPSA) is 66.1 Å². The number of benzene rings is 2. The number of aryl methyl sites for hydroxylation is 3. The molecule has 6 heteroatoms. The molecule has 0 aliphatic rings. The third-order valence-electron chi connectivity index (χ3n) is 6.31. The van der Waals surface area contributed by atoms with Crippen molar-refractivity contribution in [1.29, 1.82) is 0 Å². The molecule has 2 aromatic carbocycles. The van der Waals surface area contributed by atoms with Crippen LogP contribution in [0.1, 0.15) is 116 Å². The van der Waals surface area contributed by atoms with Crippen LogP contribution in [0.3, 0.4) is 0 Å². The predicted octanol–water partition coefficient (Wildman–Crippen LogP) is 8.43. The second kappa shape index (κ2) is 14.8. The minimum atomic E-state index is -0.108. The van der Waals surface area contributed by atoms with Gasteiger partial charge in [-0.1, -0.05) is 71.4 Å². The quantitative estimate of drug-likeness (QED) is 0.328. The summed E-state index contributed by atoms with van der Waals surface area (Å²) in [5.74, 6) is 1.36. The second-order valence-electron chi connectivity index (χ2n) is 10.2. The van der Waals surface area contributed by atoms with Crippen molar-refractivity contribution in [2.45, 2.75) is 92.2 Å². The van der Waals surface area contributed by atoms with Crippen molar-refractivity contribution in [2.75, 3.05) is 13.1 Å². The van der Waals surface area contributed by atoms with Crippen molar-refractivity contribution < 1.29 is 12.9 Å². The standard InChI is InChI=1S/C28H44N3.2ClH.Co/c1-16(2)22-12-23(17(3)4)28(24(13-22)18(5)6)26(30)15-31-14-25(29)27-20(8)10-19(7)11-21(27)9;;;/h10-13,16-18,25-26H,14-15,29-30H2,1-9H3;2*1H;/q-1;;;+3/p-2. The van der Waals surface area contributed by atoms with Gasteiger partial charge in [0.15, 0.2) is 0 Å². The first kappa shape index (κ1) is 31.4. The van der Waals surface area contributed by atoms with E-state index in [1.807, 2.05) is 0 Å². The summed E-state index contributed by atoms with van der Waals surface area (Å²) in [6, 6.07) is 8.93. The Morgan fingerprint density at radius 2 is 1.09 bits per heavy atom. The van der Waals surface area contributed by atoms with Crippen molar-refractivity contribution in [2.24, 2.45) is 11.5 Å². The Labute approximate surface area is 223 Å². The normalized spacial score (nSPS) is 13.4. The van der Waals surface area contributed by atoms with E-state index in [0.717, 1.165) is 0 Å². The predicted molar refractivity (Wildman–Crippen MR) is 148 cm³/mol. The van der Waals surface area contributed by atoms with Crippen molar-refractivity contribution in [1.82, 2.24) is 0 Å². The van der Waals surface area contributed by atoms with Crippen LogP contribution in [-0.2, 0) is 12.9 Å². The Balaban J connectivity index is 0.00000182. The summed E-state index contributed by atoms with van der Waals surface area (Å²) in [5, 5.41) is 4.84. The summed E-state index contributed by atoms with van der Waals surface area (Å²) in [4.78, 5) is 0. The second-order valence-corrected chi connectivity index (χ2v) is 12.0. The van der Waals surface area contributed by atoms with E-state index in [-0.39, 0.29) is 12.1 Å². The zero-order chi connectivity index (χ0) is 26.2. The van der Waals surface area contributed by atoms with Crippen molar-refractivity contribution in [3.05, 3.63) is 74.1 Å². The van der Waals surface area contributed by atoms with Gasteiger partial charge in [0, 0.05) is 12.1 Å². The van der Waals surface area contributed by atoms with Crippen LogP contribution in [0, 0.1) is 20.8 Å². The molecule has 0 spiro atoms. The first-order valence-corrected chi connectivity index (χ1v) is 14.9. The van der Waals surface area contributed by atoms with Gasteiger partial charge in [-0.25, -0.2) is 0 Å². The summed E-state index contributed by atoms with van der Waals surface area (Å²) < 4.78 is 0. The molecule has 2 atom stereocenters. The third-order valence-corrected chi connectivity index (χ3v) is 6.31. The molecule has 0 aromatic heterocycles. The SMILES string of the molecule is Cc1cc(C)c(C(N)C[N-]CC(N)c2c(C(C)C)cc(C(C)C)cc2C(C)C)c(C)c1.[Cl][Co+][Cl]. The molecule has 2 rings (SSSR count). The number of nitrogens with zero attached hydrogens (tertiary/aromatic N) is 1. The third kappa shape index (κ3) is 8.81. The Morgan fingerprint density at radius 1 is 0.706 bits per heavy atom. The summed E-state index contributed by atoms with van der Waals surface area (Å²) in [5.41, 5.74) is 23.7. The van der Waals surface area contributed by atoms with Crippen LogP contribution in [0.15, 0.2) is 24.3 Å². The van der Waals surface area contributed by atoms with Crippen LogP contribution in [0.2, 0.25) is 0 Å². The summed E-state index contributed by atoms with van der Waals surface area (Å²) in [7, 11) is 9.47. The van der Waals surface area contributed by atoms with Gasteiger partial charge >= 0.3 is 33.2 Å². The van der Waals surface area contributed by atoms with Crippen molar-refractivity contribution in [3.8, 4) is 0 Å². The molecule has 2 unspecified atom stereocenters. The molecular weight excluding hydrogens is 508 g/mol. The molecule has 0 saturated heterocycles. The van der Waals surface area contributed by atoms with E-state index in [1.165, 1.54) is 44.5 Å². The maximum atomic E-state index is 6.77. The molecule has 4 N–H and O–H groups in total. The van der Waals surface area contributed by atoms with E-state index in [1.54, 1.807) is 0 Å². The number of hydrogen-bond donors (Lipinski definition) is 2. The molecular formula is C28H44Cl2CoN3. The summed E-state index contributed by atoms with van der Waals surface area (Å²) in [6.45, 7) is 21.2. The van der Waals surface area contributed by atoms with Gasteiger partial charge in [-0.3, -0.25) is 0 Å². The van der Waals surface area contributed by atoms with E-state index in [0.29, 0.717) is 43.7 Å². The van der Waals surface area contributed by atoms with Gasteiger partial charge in [0.05, 0.1) is 0 Å². The fourth-order valence-electron chi connectivity index (χ4n) is 4.75. The fourth-order valence-corrected chi connectivity index (χ4v) is 4.75. The van der Waals surface area contributed by atoms with Gasteiger partial charge in [0.2, 0.25) is 0 Å². The minimum absolute atomic E-state index is 0.0924. The number of nitrogens with two attached hydrogens (primary N) is 2. The Kier molecular flexibility index (Phi) is 13.7. The Hall–Kier alpha value is -0.594. The van der Waals surface area contributed by atoms with Crippen LogP contribution >= 0.6 is 20.3 Å². The van der Waals surface area contributed by atoms with Crippen LogP contribution in [0.5, 0.6) is 0 Å². The molecule has 0 aliphatic heterocycles. The van der Waals surface area contributed by atoms with Gasteiger partial charge in [0.25, 0.3) is 0 Å². The van der Waals surface area contributed by atoms with Crippen molar-refractivity contribution in [3.63, 3.8) is 0 Å². The van der Waals surface area contributed by atoms with E-state index >= 15 is 0 Å². The van der Waals surface area contributed by atoms with E-state index < -0.39 is 0 Å². The summed E-state index contributed by atoms with van der Waals surface area (Å²) in [6.07, 6.45) is 0. The number of halogens is 2. The van der Waals surface area contributed by atoms with Gasteiger partial charge in [-0.05, 0) is 77.5 Å². The van der Waals surface area contributed by atoms with Crippen LogP contribution < -0.4 is 11.5 Å². The Bertz CT molecular complexity index is 861. The fraction of sp³-hybridized carbons (Fsp3) is 0.571. The van der Waals surface area contributed by atoms with Crippen LogP contribution in [-0.4, -0.2) is 13.1 Å². The average molecular weight is 553 g/mol. The van der Waals surface area contributed by atoms with Gasteiger partial charge < -0.3 is 16.8 Å². The molecule has 0 amide bonds. The molecule has 3 nitrogen and oxygen atoms in total. The molecule has 0 bridgehead atoms. The van der Waals surface area contributed by atoms with E-state index in [9.17, 15) is 0 Å². The Morgan fingerprint density at radius 3 is 1.44 bits per heavy atom. The van der Waals surface area contributed by atoms with E-state index in [4.69, 9.17) is 37.1 Å². The average Bonchev–Trinajstić information content (AvgIpc) is 2.72. The van der Waals surface area contributed by atoms with Crippen LogP contribution in [0.25, 0.3) is 5.32 Å². The molecule has 34 heavy (non-hydrogen) atoms. The summed E-state index contributed by atoms with van der Waals surface area (Å²) >= 11 is 0.382. The number of hydrogen-bond acceptors (Lipinski definition) is 2. The molecule has 0 saturated carbocycles. The van der Waals surface area contributed by atoms with Gasteiger partial charge in [0.1, 0.15) is 0 Å². The molecule has 0 fully saturated rings.